The molecule has 4 rings (SSSR count). The topological polar surface area (TPSA) is 84.5 Å². The molecule has 0 spiro atoms. The van der Waals surface area contributed by atoms with E-state index in [-0.39, 0.29) is 5.69 Å². The average Bonchev–Trinajstić information content (AvgIpc) is 2.81. The minimum absolute atomic E-state index is 0.111. The van der Waals surface area contributed by atoms with Gasteiger partial charge in [-0.25, -0.2) is 9.18 Å². The summed E-state index contributed by atoms with van der Waals surface area (Å²) in [6.07, 6.45) is 1.71. The summed E-state index contributed by atoms with van der Waals surface area (Å²) in [5.74, 6) is 0.714. The lowest BCUT2D eigenvalue weighted by Gasteiger charge is -2.13. The zero-order chi connectivity index (χ0) is 22.5. The van der Waals surface area contributed by atoms with Crippen LogP contribution in [0.4, 0.5) is 31.9 Å². The predicted molar refractivity (Wildman–Crippen MR) is 124 cm³/mol. The number of carbonyl (C=O) groups excluding carboxylic acids is 1. The number of rotatable bonds is 6. The van der Waals surface area contributed by atoms with Crippen molar-refractivity contribution in [2.45, 2.75) is 0 Å². The Kier molecular flexibility index (Phi) is 6.03. The van der Waals surface area contributed by atoms with Crippen LogP contribution in [-0.4, -0.2) is 25.2 Å². The number of anilines is 4. The number of ether oxygens (including phenoxy) is 2. The number of methoxy groups -OCH3 is 2. The normalized spacial score (nSPS) is 10.5. The molecule has 0 radical (unpaired) electrons. The van der Waals surface area contributed by atoms with E-state index in [0.29, 0.717) is 17.2 Å². The maximum atomic E-state index is 13.7. The molecule has 0 aliphatic heterocycles. The Morgan fingerprint density at radius 1 is 0.844 bits per heavy atom. The van der Waals surface area contributed by atoms with Crippen LogP contribution in [0.2, 0.25) is 0 Å². The number of amides is 2. The second-order valence-corrected chi connectivity index (χ2v) is 6.84. The Balaban J connectivity index is 1.48. The largest absolute Gasteiger partial charge is 0.493 e. The molecule has 3 aromatic carbocycles. The summed E-state index contributed by atoms with van der Waals surface area (Å²) in [7, 11) is 3.17. The number of hydrogen-bond acceptors (Lipinski definition) is 5. The summed E-state index contributed by atoms with van der Waals surface area (Å²) < 4.78 is 24.4. The van der Waals surface area contributed by atoms with Crippen LogP contribution < -0.4 is 25.4 Å². The number of nitrogens with zero attached hydrogens (tertiary/aromatic N) is 1. The van der Waals surface area contributed by atoms with Crippen molar-refractivity contribution >= 4 is 39.7 Å². The molecule has 0 aliphatic rings. The monoisotopic (exact) mass is 432 g/mol. The van der Waals surface area contributed by atoms with Crippen LogP contribution in [0.1, 0.15) is 0 Å². The molecule has 1 aromatic heterocycles. The lowest BCUT2D eigenvalue weighted by molar-refractivity contribution is 0.262. The standard InChI is InChI=1S/C24H21FN4O3/c1-31-22-13-17-19(11-12-26-21(17)14-23(22)32-2)27-15-7-9-16(10-8-15)28-24(30)29-20-6-4-3-5-18(20)25/h3-14H,1-2H3,(H,26,27)(H2,28,29,30). The van der Waals surface area contributed by atoms with Crippen molar-refractivity contribution in [2.24, 2.45) is 0 Å². The number of aromatic nitrogens is 1. The van der Waals surface area contributed by atoms with E-state index in [1.165, 1.54) is 12.1 Å². The molecule has 8 heteroatoms. The highest BCUT2D eigenvalue weighted by atomic mass is 19.1. The minimum Gasteiger partial charge on any atom is -0.493 e. The number of carbonyl (C=O) groups is 1. The Labute approximate surface area is 184 Å². The van der Waals surface area contributed by atoms with Gasteiger partial charge in [-0.05, 0) is 48.5 Å². The summed E-state index contributed by atoms with van der Waals surface area (Å²) in [6.45, 7) is 0. The summed E-state index contributed by atoms with van der Waals surface area (Å²) in [5.41, 5.74) is 3.09. The highest BCUT2D eigenvalue weighted by Crippen LogP contribution is 2.35. The first-order valence-electron chi connectivity index (χ1n) is 9.78. The van der Waals surface area contributed by atoms with Gasteiger partial charge in [0.2, 0.25) is 0 Å². The van der Waals surface area contributed by atoms with E-state index in [0.717, 1.165) is 22.3 Å². The first kappa shape index (κ1) is 20.9. The third kappa shape index (κ3) is 4.54. The van der Waals surface area contributed by atoms with E-state index in [1.807, 2.05) is 30.3 Å². The van der Waals surface area contributed by atoms with Gasteiger partial charge in [0.15, 0.2) is 11.5 Å². The number of para-hydroxylation sites is 1. The van der Waals surface area contributed by atoms with Crippen LogP contribution in [0.5, 0.6) is 11.5 Å². The molecule has 2 amide bonds. The quantitative estimate of drug-likeness (QED) is 0.360. The van der Waals surface area contributed by atoms with Gasteiger partial charge in [-0.15, -0.1) is 0 Å². The molecule has 0 bridgehead atoms. The van der Waals surface area contributed by atoms with Crippen molar-refractivity contribution in [3.05, 3.63) is 78.7 Å². The maximum absolute atomic E-state index is 13.7. The summed E-state index contributed by atoms with van der Waals surface area (Å²) >= 11 is 0. The van der Waals surface area contributed by atoms with Crippen molar-refractivity contribution in [3.63, 3.8) is 0 Å². The third-order valence-electron chi connectivity index (χ3n) is 4.79. The van der Waals surface area contributed by atoms with Crippen molar-refractivity contribution in [3.8, 4) is 11.5 Å². The highest BCUT2D eigenvalue weighted by molar-refractivity contribution is 6.00. The number of urea groups is 1. The summed E-state index contributed by atoms with van der Waals surface area (Å²) in [5, 5.41) is 9.39. The van der Waals surface area contributed by atoms with Crippen molar-refractivity contribution in [1.82, 2.24) is 4.98 Å². The van der Waals surface area contributed by atoms with Gasteiger partial charge < -0.3 is 25.4 Å². The van der Waals surface area contributed by atoms with Gasteiger partial charge in [-0.2, -0.15) is 0 Å². The number of pyridine rings is 1. The fourth-order valence-electron chi connectivity index (χ4n) is 3.22. The molecule has 0 fully saturated rings. The maximum Gasteiger partial charge on any atom is 0.323 e. The second-order valence-electron chi connectivity index (χ2n) is 6.84. The number of nitrogens with one attached hydrogen (secondary N) is 3. The fraction of sp³-hybridized carbons (Fsp3) is 0.0833. The van der Waals surface area contributed by atoms with Gasteiger partial charge in [0.25, 0.3) is 0 Å². The zero-order valence-electron chi connectivity index (χ0n) is 17.5. The lowest BCUT2D eigenvalue weighted by Crippen LogP contribution is -2.20. The highest BCUT2D eigenvalue weighted by Gasteiger charge is 2.11. The fourth-order valence-corrected chi connectivity index (χ4v) is 3.22. The Morgan fingerprint density at radius 2 is 1.53 bits per heavy atom. The third-order valence-corrected chi connectivity index (χ3v) is 4.79. The molecule has 0 atom stereocenters. The molecule has 0 aliphatic carbocycles. The Hall–Kier alpha value is -4.33. The van der Waals surface area contributed by atoms with E-state index in [9.17, 15) is 9.18 Å². The van der Waals surface area contributed by atoms with E-state index in [4.69, 9.17) is 9.47 Å². The van der Waals surface area contributed by atoms with Crippen LogP contribution >= 0.6 is 0 Å². The molecule has 3 N–H and O–H groups in total. The van der Waals surface area contributed by atoms with Gasteiger partial charge in [0.1, 0.15) is 5.82 Å². The first-order valence-corrected chi connectivity index (χ1v) is 9.78. The van der Waals surface area contributed by atoms with E-state index in [2.05, 4.69) is 20.9 Å². The van der Waals surface area contributed by atoms with Crippen molar-refractivity contribution in [1.29, 1.82) is 0 Å². The van der Waals surface area contributed by atoms with Crippen LogP contribution in [-0.2, 0) is 0 Å². The van der Waals surface area contributed by atoms with Crippen molar-refractivity contribution < 1.29 is 18.7 Å². The first-order chi connectivity index (χ1) is 15.6. The van der Waals surface area contributed by atoms with Crippen LogP contribution in [0.15, 0.2) is 72.9 Å². The zero-order valence-corrected chi connectivity index (χ0v) is 17.5. The molecular weight excluding hydrogens is 411 g/mol. The van der Waals surface area contributed by atoms with Gasteiger partial charge in [0.05, 0.1) is 25.4 Å². The SMILES string of the molecule is COc1cc2nccc(Nc3ccc(NC(=O)Nc4ccccc4F)cc3)c2cc1OC. The van der Waals surface area contributed by atoms with Crippen LogP contribution in [0.25, 0.3) is 10.9 Å². The number of benzene rings is 3. The van der Waals surface area contributed by atoms with E-state index in [1.54, 1.807) is 44.7 Å². The molecule has 1 heterocycles. The second kappa shape index (κ2) is 9.22. The Bertz CT molecular complexity index is 1260. The van der Waals surface area contributed by atoms with Crippen LogP contribution in [0.3, 0.4) is 0 Å². The van der Waals surface area contributed by atoms with Gasteiger partial charge >= 0.3 is 6.03 Å². The number of hydrogen-bond donors (Lipinski definition) is 3. The molecule has 7 nitrogen and oxygen atoms in total. The van der Waals surface area contributed by atoms with Crippen LogP contribution in [0, 0.1) is 5.82 Å². The molecule has 32 heavy (non-hydrogen) atoms. The van der Waals surface area contributed by atoms with Gasteiger partial charge in [0, 0.05) is 34.7 Å². The summed E-state index contributed by atoms with van der Waals surface area (Å²) in [6, 6.07) is 18.1. The Morgan fingerprint density at radius 3 is 2.25 bits per heavy atom. The number of halogens is 1. The van der Waals surface area contributed by atoms with E-state index >= 15 is 0 Å². The molecule has 162 valence electrons. The van der Waals surface area contributed by atoms with Crippen molar-refractivity contribution in [2.75, 3.05) is 30.2 Å². The molecule has 4 aromatic rings. The summed E-state index contributed by atoms with van der Waals surface area (Å²) in [4.78, 5) is 16.5. The van der Waals surface area contributed by atoms with Gasteiger partial charge in [-0.1, -0.05) is 12.1 Å². The smallest absolute Gasteiger partial charge is 0.323 e. The molecular formula is C24H21FN4O3. The minimum atomic E-state index is -0.531. The molecule has 0 unspecified atom stereocenters. The predicted octanol–water partition coefficient (Wildman–Crippen LogP) is 5.78. The van der Waals surface area contributed by atoms with E-state index < -0.39 is 11.8 Å². The lowest BCUT2D eigenvalue weighted by atomic mass is 10.1. The molecule has 0 saturated heterocycles. The molecule has 0 saturated carbocycles. The van der Waals surface area contributed by atoms with Gasteiger partial charge in [-0.3, -0.25) is 4.98 Å². The average molecular weight is 432 g/mol. The number of fused-ring (bicyclic) bond motifs is 1.